The van der Waals surface area contributed by atoms with Gasteiger partial charge in [0.15, 0.2) is 5.13 Å². The first-order chi connectivity index (χ1) is 12.0. The van der Waals surface area contributed by atoms with Gasteiger partial charge in [0, 0.05) is 26.5 Å². The van der Waals surface area contributed by atoms with Gasteiger partial charge in [-0.3, -0.25) is 4.79 Å². The van der Waals surface area contributed by atoms with Crippen molar-refractivity contribution in [3.8, 4) is 11.3 Å². The maximum atomic E-state index is 12.4. The molecule has 0 bridgehead atoms. The third kappa shape index (κ3) is 4.54. The van der Waals surface area contributed by atoms with Gasteiger partial charge in [-0.1, -0.05) is 35.9 Å². The first-order valence-electron chi connectivity index (χ1n) is 7.56. The van der Waals surface area contributed by atoms with Crippen molar-refractivity contribution in [2.45, 2.75) is 17.1 Å². The average Bonchev–Trinajstić information content (AvgIpc) is 3.03. The number of aromatic nitrogens is 1. The van der Waals surface area contributed by atoms with Gasteiger partial charge in [0.25, 0.3) is 0 Å². The Balaban J connectivity index is 1.66. The summed E-state index contributed by atoms with van der Waals surface area (Å²) in [5.74, 6) is -0.104. The van der Waals surface area contributed by atoms with Crippen molar-refractivity contribution in [3.05, 3.63) is 58.9 Å². The predicted octanol–water partition coefficient (Wildman–Crippen LogP) is 5.17. The second-order valence-electron chi connectivity index (χ2n) is 5.34. The Morgan fingerprint density at radius 1 is 1.28 bits per heavy atom. The molecule has 7 heteroatoms. The summed E-state index contributed by atoms with van der Waals surface area (Å²) in [7, 11) is 0. The molecule has 0 aliphatic carbocycles. The standard InChI is InChI=1S/C18H16ClN3OS2/c1-11(25-13-6-4-5-12(20)9-13)17(23)22-18-21-16(10-24-18)14-7-2-3-8-15(14)19/h2-11H,20H2,1H3,(H,21,22,23). The molecule has 3 aromatic rings. The number of nitrogen functional groups attached to an aromatic ring is 1. The van der Waals surface area contributed by atoms with Crippen molar-refractivity contribution in [3.63, 3.8) is 0 Å². The fraction of sp³-hybridized carbons (Fsp3) is 0.111. The number of anilines is 2. The largest absolute Gasteiger partial charge is 0.399 e. The molecule has 0 spiro atoms. The molecular weight excluding hydrogens is 374 g/mol. The van der Waals surface area contributed by atoms with Crippen molar-refractivity contribution in [1.29, 1.82) is 0 Å². The Kier molecular flexibility index (Phi) is 5.63. The zero-order valence-electron chi connectivity index (χ0n) is 13.4. The van der Waals surface area contributed by atoms with Crippen LogP contribution in [-0.2, 0) is 4.79 Å². The number of carbonyl (C=O) groups is 1. The number of amides is 1. The van der Waals surface area contributed by atoms with Gasteiger partial charge in [-0.05, 0) is 31.2 Å². The number of nitrogens with two attached hydrogens (primary N) is 1. The van der Waals surface area contributed by atoms with E-state index in [2.05, 4.69) is 10.3 Å². The third-order valence-corrected chi connectivity index (χ3v) is 5.61. The lowest BCUT2D eigenvalue weighted by Gasteiger charge is -2.10. The Morgan fingerprint density at radius 2 is 2.08 bits per heavy atom. The summed E-state index contributed by atoms with van der Waals surface area (Å²) >= 11 is 9.02. The van der Waals surface area contributed by atoms with Gasteiger partial charge in [-0.2, -0.15) is 0 Å². The number of nitrogens with zero attached hydrogens (tertiary/aromatic N) is 1. The van der Waals surface area contributed by atoms with E-state index in [1.807, 2.05) is 60.8 Å². The monoisotopic (exact) mass is 389 g/mol. The molecule has 1 amide bonds. The van der Waals surface area contributed by atoms with Crippen molar-refractivity contribution >= 4 is 51.4 Å². The number of thioether (sulfide) groups is 1. The van der Waals surface area contributed by atoms with Crippen molar-refractivity contribution in [2.24, 2.45) is 0 Å². The summed E-state index contributed by atoms with van der Waals surface area (Å²) in [6.07, 6.45) is 0. The van der Waals surface area contributed by atoms with Gasteiger partial charge >= 0.3 is 0 Å². The number of rotatable bonds is 5. The van der Waals surface area contributed by atoms with E-state index in [9.17, 15) is 4.79 Å². The van der Waals surface area contributed by atoms with E-state index >= 15 is 0 Å². The molecule has 0 saturated heterocycles. The summed E-state index contributed by atoms with van der Waals surface area (Å²) in [6.45, 7) is 1.85. The lowest BCUT2D eigenvalue weighted by atomic mass is 10.2. The van der Waals surface area contributed by atoms with Crippen LogP contribution < -0.4 is 11.1 Å². The first kappa shape index (κ1) is 17.8. The van der Waals surface area contributed by atoms with Crippen LogP contribution in [0.25, 0.3) is 11.3 Å². The highest BCUT2D eigenvalue weighted by atomic mass is 35.5. The fourth-order valence-corrected chi connectivity index (χ4v) is 4.06. The lowest BCUT2D eigenvalue weighted by Crippen LogP contribution is -2.22. The summed E-state index contributed by atoms with van der Waals surface area (Å²) < 4.78 is 0. The Morgan fingerprint density at radius 3 is 2.84 bits per heavy atom. The number of benzene rings is 2. The minimum atomic E-state index is -0.269. The number of hydrogen-bond donors (Lipinski definition) is 2. The van der Waals surface area contributed by atoms with Crippen LogP contribution in [-0.4, -0.2) is 16.1 Å². The summed E-state index contributed by atoms with van der Waals surface area (Å²) in [4.78, 5) is 17.8. The normalized spacial score (nSPS) is 11.9. The van der Waals surface area contributed by atoms with Gasteiger partial charge < -0.3 is 11.1 Å². The quantitative estimate of drug-likeness (QED) is 0.467. The molecule has 128 valence electrons. The summed E-state index contributed by atoms with van der Waals surface area (Å²) in [6, 6.07) is 15.0. The molecule has 1 unspecified atom stereocenters. The maximum Gasteiger partial charge on any atom is 0.239 e. The lowest BCUT2D eigenvalue weighted by molar-refractivity contribution is -0.115. The van der Waals surface area contributed by atoms with Crippen LogP contribution in [0.4, 0.5) is 10.8 Å². The van der Waals surface area contributed by atoms with E-state index in [1.54, 1.807) is 0 Å². The molecule has 1 atom stereocenters. The van der Waals surface area contributed by atoms with E-state index in [4.69, 9.17) is 17.3 Å². The van der Waals surface area contributed by atoms with Gasteiger partial charge in [-0.15, -0.1) is 23.1 Å². The van der Waals surface area contributed by atoms with E-state index in [-0.39, 0.29) is 11.2 Å². The Bertz CT molecular complexity index is 897. The van der Waals surface area contributed by atoms with Crippen LogP contribution in [0.3, 0.4) is 0 Å². The van der Waals surface area contributed by atoms with E-state index in [0.29, 0.717) is 15.8 Å². The fourth-order valence-electron chi connectivity index (χ4n) is 2.18. The summed E-state index contributed by atoms with van der Waals surface area (Å²) in [5.41, 5.74) is 8.06. The molecule has 25 heavy (non-hydrogen) atoms. The zero-order chi connectivity index (χ0) is 17.8. The zero-order valence-corrected chi connectivity index (χ0v) is 15.8. The van der Waals surface area contributed by atoms with Crippen molar-refractivity contribution in [2.75, 3.05) is 11.1 Å². The van der Waals surface area contributed by atoms with Gasteiger partial charge in [0.1, 0.15) is 0 Å². The number of thiazole rings is 1. The molecule has 3 N–H and O–H groups in total. The minimum Gasteiger partial charge on any atom is -0.399 e. The van der Waals surface area contributed by atoms with Crippen LogP contribution in [0.1, 0.15) is 6.92 Å². The molecule has 3 rings (SSSR count). The van der Waals surface area contributed by atoms with Crippen molar-refractivity contribution < 1.29 is 4.79 Å². The van der Waals surface area contributed by atoms with Gasteiger partial charge in [-0.25, -0.2) is 4.98 Å². The molecule has 0 radical (unpaired) electrons. The Labute approximate surface area is 159 Å². The highest BCUT2D eigenvalue weighted by Crippen LogP contribution is 2.31. The van der Waals surface area contributed by atoms with E-state index < -0.39 is 0 Å². The van der Waals surface area contributed by atoms with Crippen molar-refractivity contribution in [1.82, 2.24) is 4.98 Å². The number of hydrogen-bond acceptors (Lipinski definition) is 5. The molecule has 0 fully saturated rings. The highest BCUT2D eigenvalue weighted by molar-refractivity contribution is 8.00. The molecule has 4 nitrogen and oxygen atoms in total. The molecule has 0 aliphatic heterocycles. The van der Waals surface area contributed by atoms with Crippen LogP contribution in [0, 0.1) is 0 Å². The van der Waals surface area contributed by atoms with Gasteiger partial charge in [0.05, 0.1) is 10.9 Å². The van der Waals surface area contributed by atoms with Crippen LogP contribution in [0.5, 0.6) is 0 Å². The first-order valence-corrected chi connectivity index (χ1v) is 9.70. The van der Waals surface area contributed by atoms with E-state index in [1.165, 1.54) is 23.1 Å². The van der Waals surface area contributed by atoms with Crippen LogP contribution in [0.2, 0.25) is 5.02 Å². The topological polar surface area (TPSA) is 68.0 Å². The number of carbonyl (C=O) groups excluding carboxylic acids is 1. The average molecular weight is 390 g/mol. The Hall–Kier alpha value is -2.02. The van der Waals surface area contributed by atoms with Crippen LogP contribution >= 0.6 is 34.7 Å². The SMILES string of the molecule is CC(Sc1cccc(N)c1)C(=O)Nc1nc(-c2ccccc2Cl)cs1. The number of halogens is 1. The maximum absolute atomic E-state index is 12.4. The summed E-state index contributed by atoms with van der Waals surface area (Å²) in [5, 5.41) is 5.66. The second kappa shape index (κ2) is 7.91. The molecule has 1 heterocycles. The molecular formula is C18H16ClN3OS2. The highest BCUT2D eigenvalue weighted by Gasteiger charge is 2.17. The number of nitrogens with one attached hydrogen (secondary N) is 1. The third-order valence-electron chi connectivity index (χ3n) is 3.42. The molecule has 1 aromatic heterocycles. The van der Waals surface area contributed by atoms with Crippen LogP contribution in [0.15, 0.2) is 58.8 Å². The molecule has 2 aromatic carbocycles. The smallest absolute Gasteiger partial charge is 0.239 e. The predicted molar refractivity (Wildman–Crippen MR) is 107 cm³/mol. The second-order valence-corrected chi connectivity index (χ2v) is 8.02. The molecule has 0 aliphatic rings. The minimum absolute atomic E-state index is 0.104. The van der Waals surface area contributed by atoms with E-state index in [0.717, 1.165) is 16.2 Å². The van der Waals surface area contributed by atoms with Gasteiger partial charge in [0.2, 0.25) is 5.91 Å². The molecule has 0 saturated carbocycles.